The van der Waals surface area contributed by atoms with E-state index in [1.165, 1.54) is 20.7 Å². The number of nitrogens with zero attached hydrogens (tertiary/aromatic N) is 2. The van der Waals surface area contributed by atoms with Gasteiger partial charge in [-0.2, -0.15) is 17.0 Å². The Morgan fingerprint density at radius 1 is 0.875 bits per heavy atom. The Labute approximate surface area is 146 Å². The fourth-order valence-corrected chi connectivity index (χ4v) is 4.52. The number of hydrogen-bond acceptors (Lipinski definition) is 2. The molecule has 0 aliphatic carbocycles. The smallest absolute Gasteiger partial charge is 0.207 e. The number of hydrogen-bond donors (Lipinski definition) is 0. The van der Waals surface area contributed by atoms with E-state index in [1.807, 2.05) is 12.1 Å². The van der Waals surface area contributed by atoms with Crippen molar-refractivity contribution in [2.45, 2.75) is 19.5 Å². The first-order valence-corrected chi connectivity index (χ1v) is 9.47. The standard InChI is InChI=1S/C17H18ClFN2O2S/c18-16-6-2-14(3-7-16)12-20-10-1-11-21(24(20,22)23)13-15-4-8-17(19)9-5-15/h2-9H,1,10-13H2. The van der Waals surface area contributed by atoms with Crippen LogP contribution in [0.25, 0.3) is 0 Å². The summed E-state index contributed by atoms with van der Waals surface area (Å²) in [6.45, 7) is 1.53. The van der Waals surface area contributed by atoms with Gasteiger partial charge in [0.05, 0.1) is 0 Å². The first kappa shape index (κ1) is 17.4. The highest BCUT2D eigenvalue weighted by molar-refractivity contribution is 7.86. The molecule has 0 saturated carbocycles. The average Bonchev–Trinajstić information content (AvgIpc) is 2.55. The van der Waals surface area contributed by atoms with Gasteiger partial charge in [0.15, 0.2) is 0 Å². The van der Waals surface area contributed by atoms with Crippen LogP contribution in [0.2, 0.25) is 5.02 Å². The minimum atomic E-state index is -3.54. The molecule has 0 N–H and O–H groups in total. The van der Waals surface area contributed by atoms with E-state index < -0.39 is 10.2 Å². The Kier molecular flexibility index (Phi) is 5.20. The molecule has 7 heteroatoms. The van der Waals surface area contributed by atoms with E-state index in [0.717, 1.165) is 17.5 Å². The normalized spacial score (nSPS) is 18.6. The molecule has 2 aromatic rings. The van der Waals surface area contributed by atoms with Crippen molar-refractivity contribution in [3.63, 3.8) is 0 Å². The molecule has 1 heterocycles. The van der Waals surface area contributed by atoms with Crippen molar-refractivity contribution in [2.75, 3.05) is 13.1 Å². The third-order valence-corrected chi connectivity index (χ3v) is 6.19. The van der Waals surface area contributed by atoms with Gasteiger partial charge < -0.3 is 0 Å². The zero-order valence-corrected chi connectivity index (χ0v) is 14.6. The average molecular weight is 369 g/mol. The highest BCUT2D eigenvalue weighted by Gasteiger charge is 2.33. The van der Waals surface area contributed by atoms with Gasteiger partial charge in [-0.05, 0) is 41.8 Å². The van der Waals surface area contributed by atoms with E-state index in [9.17, 15) is 12.8 Å². The van der Waals surface area contributed by atoms with Gasteiger partial charge in [0.25, 0.3) is 10.2 Å². The summed E-state index contributed by atoms with van der Waals surface area (Å²) in [5.74, 6) is -0.329. The minimum Gasteiger partial charge on any atom is -0.207 e. The Morgan fingerprint density at radius 2 is 1.33 bits per heavy atom. The van der Waals surface area contributed by atoms with Crippen LogP contribution in [0, 0.1) is 5.82 Å². The van der Waals surface area contributed by atoms with E-state index in [-0.39, 0.29) is 12.4 Å². The second-order valence-electron chi connectivity index (χ2n) is 5.78. The molecule has 0 aromatic heterocycles. The molecule has 1 aliphatic heterocycles. The van der Waals surface area contributed by atoms with E-state index in [2.05, 4.69) is 0 Å². The third-order valence-electron chi connectivity index (χ3n) is 4.01. The fraction of sp³-hybridized carbons (Fsp3) is 0.294. The second-order valence-corrected chi connectivity index (χ2v) is 8.15. The summed E-state index contributed by atoms with van der Waals surface area (Å²) in [5.41, 5.74) is 1.67. The molecule has 128 valence electrons. The van der Waals surface area contributed by atoms with Crippen molar-refractivity contribution in [3.8, 4) is 0 Å². The molecule has 0 unspecified atom stereocenters. The monoisotopic (exact) mass is 368 g/mol. The quantitative estimate of drug-likeness (QED) is 0.829. The molecule has 0 spiro atoms. The van der Waals surface area contributed by atoms with Gasteiger partial charge in [-0.25, -0.2) is 4.39 Å². The molecule has 0 amide bonds. The van der Waals surface area contributed by atoms with E-state index in [1.54, 1.807) is 24.3 Å². The van der Waals surface area contributed by atoms with E-state index >= 15 is 0 Å². The molecule has 2 aromatic carbocycles. The molecule has 0 radical (unpaired) electrons. The van der Waals surface area contributed by atoms with Gasteiger partial charge in [0, 0.05) is 31.2 Å². The Morgan fingerprint density at radius 3 is 1.83 bits per heavy atom. The summed E-state index contributed by atoms with van der Waals surface area (Å²) in [5, 5.41) is 0.623. The molecule has 1 aliphatic rings. The summed E-state index contributed by atoms with van der Waals surface area (Å²) in [7, 11) is -3.54. The van der Waals surface area contributed by atoms with Crippen molar-refractivity contribution in [2.24, 2.45) is 0 Å². The topological polar surface area (TPSA) is 40.6 Å². The second kappa shape index (κ2) is 7.19. The predicted molar refractivity (Wildman–Crippen MR) is 92.2 cm³/mol. The lowest BCUT2D eigenvalue weighted by molar-refractivity contribution is 0.276. The van der Waals surface area contributed by atoms with Gasteiger partial charge in [-0.1, -0.05) is 35.9 Å². The van der Waals surface area contributed by atoms with Gasteiger partial charge in [0.1, 0.15) is 5.82 Å². The van der Waals surface area contributed by atoms with Crippen LogP contribution in [0.1, 0.15) is 17.5 Å². The molecule has 1 saturated heterocycles. The predicted octanol–water partition coefficient (Wildman–Crippen LogP) is 3.43. The van der Waals surface area contributed by atoms with Crippen LogP contribution in [0.4, 0.5) is 4.39 Å². The molecule has 0 bridgehead atoms. The van der Waals surface area contributed by atoms with Crippen LogP contribution >= 0.6 is 11.6 Å². The van der Waals surface area contributed by atoms with Crippen LogP contribution in [0.3, 0.4) is 0 Å². The maximum absolute atomic E-state index is 13.0. The summed E-state index contributed by atoms with van der Waals surface area (Å²) in [6, 6.07) is 13.1. The lowest BCUT2D eigenvalue weighted by Gasteiger charge is -2.34. The molecular weight excluding hydrogens is 351 g/mol. The Bertz CT molecular complexity index is 733. The lowest BCUT2D eigenvalue weighted by atomic mass is 10.2. The SMILES string of the molecule is O=S1(=O)N(Cc2ccc(F)cc2)CCCN1Cc1ccc(Cl)cc1. The van der Waals surface area contributed by atoms with Crippen molar-refractivity contribution >= 4 is 21.8 Å². The highest BCUT2D eigenvalue weighted by Crippen LogP contribution is 2.22. The van der Waals surface area contributed by atoms with Crippen LogP contribution in [0.5, 0.6) is 0 Å². The Hall–Kier alpha value is -1.47. The van der Waals surface area contributed by atoms with Crippen LogP contribution in [-0.2, 0) is 23.3 Å². The Balaban J connectivity index is 1.75. The largest absolute Gasteiger partial charge is 0.282 e. The number of halogens is 2. The first-order valence-electron chi connectivity index (χ1n) is 7.69. The van der Waals surface area contributed by atoms with Gasteiger partial charge in [-0.15, -0.1) is 0 Å². The number of rotatable bonds is 4. The number of benzene rings is 2. The van der Waals surface area contributed by atoms with Crippen molar-refractivity contribution < 1.29 is 12.8 Å². The molecule has 1 fully saturated rings. The lowest BCUT2D eigenvalue weighted by Crippen LogP contribution is -2.48. The molecule has 24 heavy (non-hydrogen) atoms. The molecular formula is C17H18ClFN2O2S. The maximum atomic E-state index is 13.0. The van der Waals surface area contributed by atoms with Crippen LogP contribution in [-0.4, -0.2) is 30.1 Å². The van der Waals surface area contributed by atoms with Crippen LogP contribution < -0.4 is 0 Å². The third kappa shape index (κ3) is 3.95. The van der Waals surface area contributed by atoms with Crippen molar-refractivity contribution in [1.29, 1.82) is 0 Å². The maximum Gasteiger partial charge on any atom is 0.282 e. The van der Waals surface area contributed by atoms with Gasteiger partial charge in [-0.3, -0.25) is 0 Å². The van der Waals surface area contributed by atoms with Crippen molar-refractivity contribution in [3.05, 3.63) is 70.5 Å². The van der Waals surface area contributed by atoms with Crippen LogP contribution in [0.15, 0.2) is 48.5 Å². The van der Waals surface area contributed by atoms with E-state index in [0.29, 0.717) is 24.7 Å². The first-order chi connectivity index (χ1) is 11.4. The summed E-state index contributed by atoms with van der Waals surface area (Å²) in [4.78, 5) is 0. The zero-order chi connectivity index (χ0) is 17.2. The van der Waals surface area contributed by atoms with Gasteiger partial charge >= 0.3 is 0 Å². The summed E-state index contributed by atoms with van der Waals surface area (Å²) >= 11 is 5.87. The summed E-state index contributed by atoms with van der Waals surface area (Å²) < 4.78 is 41.5. The summed E-state index contributed by atoms with van der Waals surface area (Å²) in [6.07, 6.45) is 0.758. The fourth-order valence-electron chi connectivity index (χ4n) is 2.73. The minimum absolute atomic E-state index is 0.250. The highest BCUT2D eigenvalue weighted by atomic mass is 35.5. The van der Waals surface area contributed by atoms with Gasteiger partial charge in [0.2, 0.25) is 0 Å². The molecule has 4 nitrogen and oxygen atoms in total. The van der Waals surface area contributed by atoms with E-state index in [4.69, 9.17) is 11.6 Å². The molecule has 3 rings (SSSR count). The zero-order valence-electron chi connectivity index (χ0n) is 13.0. The van der Waals surface area contributed by atoms with Crippen molar-refractivity contribution in [1.82, 2.24) is 8.61 Å². The molecule has 0 atom stereocenters.